The predicted molar refractivity (Wildman–Crippen MR) is 78.7 cm³/mol. The highest BCUT2D eigenvalue weighted by Gasteiger charge is 2.06. The zero-order valence-electron chi connectivity index (χ0n) is 10.8. The molecule has 112 valence electrons. The Balaban J connectivity index is 2.44. The summed E-state index contributed by atoms with van der Waals surface area (Å²) in [4.78, 5) is 33.0. The minimum Gasteiger partial charge on any atom is -0.452 e. The molecule has 6 nitrogen and oxygen atoms in total. The lowest BCUT2D eigenvalue weighted by atomic mass is 10.2. The average Bonchev–Trinajstić information content (AvgIpc) is 2.41. The van der Waals surface area contributed by atoms with Gasteiger partial charge in [-0.05, 0) is 23.8 Å². The highest BCUT2D eigenvalue weighted by atomic mass is 35.5. The number of halogens is 2. The molecule has 0 aliphatic carbocycles. The summed E-state index contributed by atoms with van der Waals surface area (Å²) >= 11 is 11.7. The van der Waals surface area contributed by atoms with Crippen LogP contribution in [0.4, 0.5) is 0 Å². The van der Waals surface area contributed by atoms with E-state index in [-0.39, 0.29) is 6.54 Å². The Kier molecular flexibility index (Phi) is 6.71. The second-order valence-electron chi connectivity index (χ2n) is 3.85. The zero-order valence-corrected chi connectivity index (χ0v) is 12.3. The molecule has 0 saturated heterocycles. The molecule has 0 spiro atoms. The van der Waals surface area contributed by atoms with Gasteiger partial charge in [0.05, 0.1) is 6.54 Å². The molecule has 2 amide bonds. The van der Waals surface area contributed by atoms with Gasteiger partial charge in [-0.25, -0.2) is 4.79 Å². The summed E-state index contributed by atoms with van der Waals surface area (Å²) in [5.74, 6) is -2.04. The number of hydrogen-bond donors (Lipinski definition) is 2. The molecule has 0 aromatic heterocycles. The Bertz CT molecular complexity index is 588. The lowest BCUT2D eigenvalue weighted by molar-refractivity contribution is -0.143. The van der Waals surface area contributed by atoms with E-state index in [2.05, 4.69) is 10.1 Å². The first kappa shape index (κ1) is 17.0. The number of primary amides is 1. The summed E-state index contributed by atoms with van der Waals surface area (Å²) in [7, 11) is 0. The van der Waals surface area contributed by atoms with Crippen LogP contribution in [0.3, 0.4) is 0 Å². The smallest absolute Gasteiger partial charge is 0.331 e. The van der Waals surface area contributed by atoms with E-state index in [0.717, 1.165) is 6.08 Å². The molecule has 0 bridgehead atoms. The van der Waals surface area contributed by atoms with Crippen LogP contribution in [0.5, 0.6) is 0 Å². The van der Waals surface area contributed by atoms with E-state index in [1.165, 1.54) is 12.1 Å². The van der Waals surface area contributed by atoms with Gasteiger partial charge >= 0.3 is 5.97 Å². The summed E-state index contributed by atoms with van der Waals surface area (Å²) < 4.78 is 4.66. The van der Waals surface area contributed by atoms with Crippen molar-refractivity contribution in [2.45, 2.75) is 0 Å². The monoisotopic (exact) mass is 330 g/mol. The highest BCUT2D eigenvalue weighted by Crippen LogP contribution is 2.21. The van der Waals surface area contributed by atoms with Crippen molar-refractivity contribution in [3.8, 4) is 0 Å². The van der Waals surface area contributed by atoms with Crippen LogP contribution in [-0.4, -0.2) is 30.9 Å². The number of esters is 1. The van der Waals surface area contributed by atoms with Crippen LogP contribution in [0.2, 0.25) is 10.0 Å². The van der Waals surface area contributed by atoms with Crippen molar-refractivity contribution in [3.63, 3.8) is 0 Å². The Labute approximate surface area is 130 Å². The Morgan fingerprint density at radius 3 is 2.62 bits per heavy atom. The van der Waals surface area contributed by atoms with Gasteiger partial charge < -0.3 is 15.8 Å². The van der Waals surface area contributed by atoms with Crippen LogP contribution >= 0.6 is 23.2 Å². The van der Waals surface area contributed by atoms with Crippen LogP contribution in [-0.2, 0) is 19.1 Å². The van der Waals surface area contributed by atoms with Crippen LogP contribution < -0.4 is 11.1 Å². The molecule has 1 rings (SSSR count). The molecule has 0 heterocycles. The third-order valence-electron chi connectivity index (χ3n) is 2.17. The van der Waals surface area contributed by atoms with Gasteiger partial charge in [-0.2, -0.15) is 0 Å². The van der Waals surface area contributed by atoms with Gasteiger partial charge in [-0.1, -0.05) is 29.3 Å². The largest absolute Gasteiger partial charge is 0.452 e. The van der Waals surface area contributed by atoms with Crippen molar-refractivity contribution in [2.24, 2.45) is 5.73 Å². The fourth-order valence-corrected chi connectivity index (χ4v) is 1.69. The van der Waals surface area contributed by atoms with E-state index in [9.17, 15) is 14.4 Å². The van der Waals surface area contributed by atoms with Crippen molar-refractivity contribution < 1.29 is 19.1 Å². The van der Waals surface area contributed by atoms with E-state index in [1.807, 2.05) is 0 Å². The lowest BCUT2D eigenvalue weighted by Gasteiger charge is -2.03. The van der Waals surface area contributed by atoms with Crippen molar-refractivity contribution in [1.29, 1.82) is 0 Å². The second-order valence-corrected chi connectivity index (χ2v) is 4.69. The van der Waals surface area contributed by atoms with E-state index < -0.39 is 24.4 Å². The number of hydrogen-bond acceptors (Lipinski definition) is 4. The maximum Gasteiger partial charge on any atom is 0.331 e. The lowest BCUT2D eigenvalue weighted by Crippen LogP contribution is -2.35. The van der Waals surface area contributed by atoms with Crippen LogP contribution in [0.1, 0.15) is 5.56 Å². The Hall–Kier alpha value is -2.05. The van der Waals surface area contributed by atoms with Gasteiger partial charge in [-0.15, -0.1) is 0 Å². The van der Waals surface area contributed by atoms with Gasteiger partial charge in [0.15, 0.2) is 6.61 Å². The topological polar surface area (TPSA) is 98.5 Å². The molecule has 0 fully saturated rings. The molecular formula is C13H12Cl2N2O4. The fraction of sp³-hybridized carbons (Fsp3) is 0.154. The van der Waals surface area contributed by atoms with E-state index in [0.29, 0.717) is 15.6 Å². The molecule has 1 aromatic rings. The van der Waals surface area contributed by atoms with E-state index in [4.69, 9.17) is 28.9 Å². The standard InChI is InChI=1S/C13H12Cl2N2O4/c14-9-3-1-8(10(15)5-9)2-4-13(20)21-7-12(19)17-6-11(16)18/h1-5H,6-7H2,(H2,16,18)(H,17,19)/b4-2+. The number of benzene rings is 1. The maximum absolute atomic E-state index is 11.4. The Morgan fingerprint density at radius 2 is 2.00 bits per heavy atom. The molecule has 1 aromatic carbocycles. The number of rotatable bonds is 6. The minimum atomic E-state index is -0.727. The molecule has 8 heteroatoms. The van der Waals surface area contributed by atoms with Crippen LogP contribution in [0.25, 0.3) is 6.08 Å². The zero-order chi connectivity index (χ0) is 15.8. The SMILES string of the molecule is NC(=O)CNC(=O)COC(=O)/C=C/c1ccc(Cl)cc1Cl. The fourth-order valence-electron chi connectivity index (χ4n) is 1.22. The van der Waals surface area contributed by atoms with Crippen molar-refractivity contribution in [1.82, 2.24) is 5.32 Å². The van der Waals surface area contributed by atoms with Crippen molar-refractivity contribution >= 4 is 47.1 Å². The maximum atomic E-state index is 11.4. The van der Waals surface area contributed by atoms with E-state index >= 15 is 0 Å². The number of amides is 2. The molecule has 0 radical (unpaired) electrons. The summed E-state index contributed by atoms with van der Waals surface area (Å²) in [6, 6.07) is 4.79. The Morgan fingerprint density at radius 1 is 1.29 bits per heavy atom. The van der Waals surface area contributed by atoms with Gasteiger partial charge in [0.2, 0.25) is 5.91 Å². The quantitative estimate of drug-likeness (QED) is 0.603. The third-order valence-corrected chi connectivity index (χ3v) is 2.73. The highest BCUT2D eigenvalue weighted by molar-refractivity contribution is 6.35. The number of nitrogens with two attached hydrogens (primary N) is 1. The predicted octanol–water partition coefficient (Wildman–Crippen LogP) is 1.15. The van der Waals surface area contributed by atoms with Crippen molar-refractivity contribution in [3.05, 3.63) is 39.9 Å². The van der Waals surface area contributed by atoms with Crippen molar-refractivity contribution in [2.75, 3.05) is 13.2 Å². The van der Waals surface area contributed by atoms with Gasteiger partial charge in [0.25, 0.3) is 5.91 Å². The molecule has 21 heavy (non-hydrogen) atoms. The molecule has 0 saturated carbocycles. The van der Waals surface area contributed by atoms with Gasteiger partial charge in [0.1, 0.15) is 0 Å². The second kappa shape index (κ2) is 8.28. The molecule has 0 aliphatic heterocycles. The molecular weight excluding hydrogens is 319 g/mol. The molecule has 0 aliphatic rings. The summed E-state index contributed by atoms with van der Waals surface area (Å²) in [6.07, 6.45) is 2.55. The third kappa shape index (κ3) is 6.78. The normalized spacial score (nSPS) is 10.4. The number of ether oxygens (including phenoxy) is 1. The summed E-state index contributed by atoms with van der Waals surface area (Å²) in [6.45, 7) is -0.822. The number of nitrogens with one attached hydrogen (secondary N) is 1. The first-order valence-electron chi connectivity index (χ1n) is 5.73. The first-order chi connectivity index (χ1) is 9.88. The summed E-state index contributed by atoms with van der Waals surface area (Å²) in [5.41, 5.74) is 5.42. The molecule has 0 atom stereocenters. The van der Waals surface area contributed by atoms with E-state index in [1.54, 1.807) is 12.1 Å². The minimum absolute atomic E-state index is 0.313. The van der Waals surface area contributed by atoms with Crippen LogP contribution in [0, 0.1) is 0 Å². The van der Waals surface area contributed by atoms with Gasteiger partial charge in [0, 0.05) is 16.1 Å². The number of carbonyl (C=O) groups is 3. The van der Waals surface area contributed by atoms with Gasteiger partial charge in [-0.3, -0.25) is 9.59 Å². The summed E-state index contributed by atoms with van der Waals surface area (Å²) in [5, 5.41) is 3.03. The van der Waals surface area contributed by atoms with Crippen LogP contribution in [0.15, 0.2) is 24.3 Å². The first-order valence-corrected chi connectivity index (χ1v) is 6.49. The number of carbonyl (C=O) groups excluding carboxylic acids is 3. The molecule has 0 unspecified atom stereocenters. The average molecular weight is 331 g/mol. The molecule has 3 N–H and O–H groups in total.